The van der Waals surface area contributed by atoms with Gasteiger partial charge in [-0.1, -0.05) is 6.08 Å². The predicted molar refractivity (Wildman–Crippen MR) is 49.9 cm³/mol. The summed E-state index contributed by atoms with van der Waals surface area (Å²) in [6.45, 7) is 3.04. The van der Waals surface area contributed by atoms with Gasteiger partial charge in [0.05, 0.1) is 13.2 Å². The number of ether oxygens (including phenoxy) is 2. The predicted octanol–water partition coefficient (Wildman–Crippen LogP) is -2.01. The first-order valence-electron chi connectivity index (χ1n) is 4.60. The average Bonchev–Trinajstić information content (AvgIpc) is 2.22. The Balaban J connectivity index is 2.55. The third-order valence-electron chi connectivity index (χ3n) is 2.23. The van der Waals surface area contributed by atoms with E-state index < -0.39 is 24.1 Å². The van der Waals surface area contributed by atoms with Crippen molar-refractivity contribution in [3.8, 4) is 0 Å². The number of hydrogen-bond donors (Lipinski definition) is 4. The molecule has 15 heavy (non-hydrogen) atoms. The van der Waals surface area contributed by atoms with E-state index in [0.717, 1.165) is 0 Å². The molecule has 4 N–H and O–H groups in total. The molecular formula is C9H16O6. The molecular weight excluding hydrogens is 204 g/mol. The molecule has 1 aliphatic heterocycles. The van der Waals surface area contributed by atoms with Crippen LogP contribution in [0.2, 0.25) is 0 Å². The van der Waals surface area contributed by atoms with Crippen LogP contribution in [0.15, 0.2) is 12.7 Å². The smallest absolute Gasteiger partial charge is 0.219 e. The largest absolute Gasteiger partial charge is 0.388 e. The molecule has 0 spiro atoms. The van der Waals surface area contributed by atoms with Crippen LogP contribution in [-0.4, -0.2) is 64.3 Å². The molecule has 88 valence electrons. The van der Waals surface area contributed by atoms with E-state index in [4.69, 9.17) is 14.6 Å². The molecule has 0 amide bonds. The molecule has 0 aromatic carbocycles. The number of hydrogen-bond acceptors (Lipinski definition) is 6. The van der Waals surface area contributed by atoms with E-state index in [1.165, 1.54) is 6.08 Å². The van der Waals surface area contributed by atoms with Gasteiger partial charge in [0, 0.05) is 0 Å². The van der Waals surface area contributed by atoms with E-state index in [9.17, 15) is 15.3 Å². The van der Waals surface area contributed by atoms with Gasteiger partial charge in [-0.2, -0.15) is 0 Å². The summed E-state index contributed by atoms with van der Waals surface area (Å²) in [4.78, 5) is 0. The van der Waals surface area contributed by atoms with Crippen LogP contribution in [0.1, 0.15) is 0 Å². The number of aliphatic hydroxyl groups is 4. The quantitative estimate of drug-likeness (QED) is 0.323. The SMILES string of the molecule is C=CCOC[C@@]1(O)OC[C@@H](O)[C@@H](O)[C@@H]1O. The summed E-state index contributed by atoms with van der Waals surface area (Å²) in [6, 6.07) is 0. The van der Waals surface area contributed by atoms with E-state index in [0.29, 0.717) is 0 Å². The normalized spacial score (nSPS) is 41.5. The maximum Gasteiger partial charge on any atom is 0.219 e. The van der Waals surface area contributed by atoms with Crippen molar-refractivity contribution < 1.29 is 29.9 Å². The molecule has 0 saturated carbocycles. The Bertz CT molecular complexity index is 221. The zero-order valence-electron chi connectivity index (χ0n) is 8.24. The van der Waals surface area contributed by atoms with Crippen molar-refractivity contribution in [3.05, 3.63) is 12.7 Å². The fraction of sp³-hybridized carbons (Fsp3) is 0.778. The molecule has 6 nitrogen and oxygen atoms in total. The second-order valence-corrected chi connectivity index (χ2v) is 3.46. The van der Waals surface area contributed by atoms with Crippen LogP contribution in [0.3, 0.4) is 0 Å². The van der Waals surface area contributed by atoms with Gasteiger partial charge in [-0.05, 0) is 0 Å². The van der Waals surface area contributed by atoms with Crippen LogP contribution in [0.4, 0.5) is 0 Å². The lowest BCUT2D eigenvalue weighted by molar-refractivity contribution is -0.334. The van der Waals surface area contributed by atoms with Gasteiger partial charge in [-0.25, -0.2) is 0 Å². The van der Waals surface area contributed by atoms with E-state index in [2.05, 4.69) is 6.58 Å². The minimum atomic E-state index is -1.98. The van der Waals surface area contributed by atoms with Gasteiger partial charge in [0.1, 0.15) is 24.9 Å². The Labute approximate surface area is 87.4 Å². The summed E-state index contributed by atoms with van der Waals surface area (Å²) in [5, 5.41) is 37.7. The lowest BCUT2D eigenvalue weighted by atomic mass is 9.97. The van der Waals surface area contributed by atoms with E-state index in [-0.39, 0.29) is 19.8 Å². The van der Waals surface area contributed by atoms with Crippen molar-refractivity contribution in [2.45, 2.75) is 24.1 Å². The molecule has 1 rings (SSSR count). The third kappa shape index (κ3) is 2.75. The number of rotatable bonds is 4. The van der Waals surface area contributed by atoms with Crippen LogP contribution in [0.25, 0.3) is 0 Å². The summed E-state index contributed by atoms with van der Waals surface area (Å²) >= 11 is 0. The maximum atomic E-state index is 9.75. The molecule has 0 aliphatic carbocycles. The van der Waals surface area contributed by atoms with Gasteiger partial charge in [0.15, 0.2) is 0 Å². The Morgan fingerprint density at radius 3 is 2.73 bits per heavy atom. The highest BCUT2D eigenvalue weighted by Crippen LogP contribution is 2.24. The molecule has 1 aliphatic rings. The molecule has 6 heteroatoms. The van der Waals surface area contributed by atoms with Crippen molar-refractivity contribution in [2.75, 3.05) is 19.8 Å². The van der Waals surface area contributed by atoms with Gasteiger partial charge < -0.3 is 29.9 Å². The molecule has 4 atom stereocenters. The summed E-state index contributed by atoms with van der Waals surface area (Å²) in [7, 11) is 0. The maximum absolute atomic E-state index is 9.75. The Morgan fingerprint density at radius 2 is 2.13 bits per heavy atom. The lowest BCUT2D eigenvalue weighted by Crippen LogP contribution is -2.62. The Morgan fingerprint density at radius 1 is 1.47 bits per heavy atom. The summed E-state index contributed by atoms with van der Waals surface area (Å²) < 4.78 is 9.78. The second kappa shape index (κ2) is 5.02. The van der Waals surface area contributed by atoms with Crippen LogP contribution in [0.5, 0.6) is 0 Å². The van der Waals surface area contributed by atoms with Crippen LogP contribution >= 0.6 is 0 Å². The van der Waals surface area contributed by atoms with Crippen molar-refractivity contribution in [3.63, 3.8) is 0 Å². The first-order valence-corrected chi connectivity index (χ1v) is 4.60. The highest BCUT2D eigenvalue weighted by Gasteiger charge is 2.48. The summed E-state index contributed by atoms with van der Waals surface area (Å²) in [5.41, 5.74) is 0. The topological polar surface area (TPSA) is 99.4 Å². The van der Waals surface area contributed by atoms with Gasteiger partial charge in [0.25, 0.3) is 0 Å². The molecule has 0 unspecified atom stereocenters. The van der Waals surface area contributed by atoms with Gasteiger partial charge in [0.2, 0.25) is 5.79 Å². The standard InChI is InChI=1S/C9H16O6/c1-2-3-14-5-9(13)8(12)7(11)6(10)4-15-9/h2,6-8,10-13H,1,3-5H2/t6-,7-,8+,9-/m1/s1. The highest BCUT2D eigenvalue weighted by atomic mass is 16.7. The molecule has 1 saturated heterocycles. The average molecular weight is 220 g/mol. The molecule has 0 radical (unpaired) electrons. The Kier molecular flexibility index (Phi) is 4.21. The minimum Gasteiger partial charge on any atom is -0.388 e. The second-order valence-electron chi connectivity index (χ2n) is 3.46. The van der Waals surface area contributed by atoms with Crippen molar-refractivity contribution in [2.24, 2.45) is 0 Å². The minimum absolute atomic E-state index is 0.192. The first-order chi connectivity index (χ1) is 7.01. The summed E-state index contributed by atoms with van der Waals surface area (Å²) in [5.74, 6) is -1.98. The van der Waals surface area contributed by atoms with Crippen molar-refractivity contribution in [1.29, 1.82) is 0 Å². The highest BCUT2D eigenvalue weighted by molar-refractivity contribution is 4.91. The first kappa shape index (κ1) is 12.6. The van der Waals surface area contributed by atoms with Crippen LogP contribution in [-0.2, 0) is 9.47 Å². The van der Waals surface area contributed by atoms with Gasteiger partial charge in [-0.15, -0.1) is 6.58 Å². The van der Waals surface area contributed by atoms with E-state index in [1.807, 2.05) is 0 Å². The third-order valence-corrected chi connectivity index (χ3v) is 2.23. The van der Waals surface area contributed by atoms with Crippen LogP contribution < -0.4 is 0 Å². The molecule has 0 aromatic heterocycles. The zero-order valence-corrected chi connectivity index (χ0v) is 8.24. The van der Waals surface area contributed by atoms with Gasteiger partial charge in [-0.3, -0.25) is 0 Å². The molecule has 1 fully saturated rings. The monoisotopic (exact) mass is 220 g/mol. The lowest BCUT2D eigenvalue weighted by Gasteiger charge is -2.41. The fourth-order valence-electron chi connectivity index (χ4n) is 1.31. The van der Waals surface area contributed by atoms with Crippen LogP contribution in [0, 0.1) is 0 Å². The Hall–Kier alpha value is -0.500. The molecule has 0 aromatic rings. The van der Waals surface area contributed by atoms with Crippen molar-refractivity contribution >= 4 is 0 Å². The number of aliphatic hydroxyl groups excluding tert-OH is 3. The summed E-state index contributed by atoms with van der Waals surface area (Å²) in [6.07, 6.45) is -2.79. The molecule has 1 heterocycles. The molecule has 0 bridgehead atoms. The van der Waals surface area contributed by atoms with Crippen molar-refractivity contribution in [1.82, 2.24) is 0 Å². The zero-order chi connectivity index (χ0) is 11.5. The fourth-order valence-corrected chi connectivity index (χ4v) is 1.31. The van der Waals surface area contributed by atoms with Gasteiger partial charge >= 0.3 is 0 Å². The van der Waals surface area contributed by atoms with E-state index >= 15 is 0 Å². The van der Waals surface area contributed by atoms with E-state index in [1.54, 1.807) is 0 Å².